The summed E-state index contributed by atoms with van der Waals surface area (Å²) in [5, 5.41) is 18.3. The third-order valence-electron chi connectivity index (χ3n) is 3.43. The van der Waals surface area contributed by atoms with Gasteiger partial charge in [-0.2, -0.15) is 0 Å². The maximum Gasteiger partial charge on any atom is 0.115 e. The molecule has 0 spiro atoms. The number of rotatable bonds is 0. The Hall–Kier alpha value is -2.42. The van der Waals surface area contributed by atoms with Crippen molar-refractivity contribution < 1.29 is 5.11 Å². The van der Waals surface area contributed by atoms with Crippen LogP contribution in [0.15, 0.2) is 52.7 Å². The fourth-order valence-corrected chi connectivity index (χ4v) is 2.14. The molecule has 0 amide bonds. The van der Waals surface area contributed by atoms with Crippen molar-refractivity contribution in [1.29, 1.82) is 0 Å². The first kappa shape index (κ1) is 15.0. The fourth-order valence-electron chi connectivity index (χ4n) is 2.14. The molecule has 0 aliphatic carbocycles. The lowest BCUT2D eigenvalue weighted by Crippen LogP contribution is -1.74. The van der Waals surface area contributed by atoms with Gasteiger partial charge >= 0.3 is 0 Å². The van der Waals surface area contributed by atoms with Crippen LogP contribution >= 0.6 is 0 Å². The van der Waals surface area contributed by atoms with Gasteiger partial charge in [0.15, 0.2) is 0 Å². The van der Waals surface area contributed by atoms with Crippen molar-refractivity contribution in [3.8, 4) is 5.75 Å². The van der Waals surface area contributed by atoms with E-state index in [1.165, 1.54) is 0 Å². The number of hydrogen-bond acceptors (Lipinski definition) is 3. The van der Waals surface area contributed by atoms with Crippen LogP contribution < -0.4 is 0 Å². The Balaban J connectivity index is 2.83. The van der Waals surface area contributed by atoms with Gasteiger partial charge in [0.05, 0.1) is 11.4 Å². The van der Waals surface area contributed by atoms with Crippen molar-refractivity contribution >= 4 is 11.4 Å². The van der Waals surface area contributed by atoms with Crippen molar-refractivity contribution in [2.24, 2.45) is 10.2 Å². The minimum atomic E-state index is 0.218. The van der Waals surface area contributed by atoms with Gasteiger partial charge in [0.2, 0.25) is 0 Å². The molecule has 1 aromatic rings. The summed E-state index contributed by atoms with van der Waals surface area (Å²) in [6.07, 6.45) is 0. The van der Waals surface area contributed by atoms with Gasteiger partial charge in [-0.1, -0.05) is 35.9 Å². The molecule has 0 saturated carbocycles. The van der Waals surface area contributed by atoms with Gasteiger partial charge in [0, 0.05) is 5.56 Å². The zero-order chi connectivity index (χ0) is 15.4. The second kappa shape index (κ2) is 6.35. The number of aromatic hydroxyl groups is 1. The topological polar surface area (TPSA) is 45.0 Å². The first-order valence-corrected chi connectivity index (χ1v) is 6.94. The van der Waals surface area contributed by atoms with Crippen LogP contribution in [-0.4, -0.2) is 5.11 Å². The molecule has 21 heavy (non-hydrogen) atoms. The Morgan fingerprint density at radius 3 is 1.95 bits per heavy atom. The Morgan fingerprint density at radius 1 is 0.714 bits per heavy atom. The molecular formula is C18H20N2O. The largest absolute Gasteiger partial charge is 0.508 e. The smallest absolute Gasteiger partial charge is 0.115 e. The maximum atomic E-state index is 9.77. The van der Waals surface area contributed by atoms with Gasteiger partial charge in [-0.15, -0.1) is 10.2 Å². The average Bonchev–Trinajstić information content (AvgIpc) is 2.83. The zero-order valence-electron chi connectivity index (χ0n) is 12.9. The van der Waals surface area contributed by atoms with Gasteiger partial charge < -0.3 is 5.11 Å². The van der Waals surface area contributed by atoms with Crippen LogP contribution in [0.3, 0.4) is 0 Å². The van der Waals surface area contributed by atoms with Gasteiger partial charge in [-0.05, 0) is 51.0 Å². The van der Waals surface area contributed by atoms with Crippen molar-refractivity contribution in [2.45, 2.75) is 27.7 Å². The molecule has 0 radical (unpaired) electrons. The first-order chi connectivity index (χ1) is 9.99. The molecule has 0 saturated heterocycles. The van der Waals surface area contributed by atoms with Crippen molar-refractivity contribution in [1.82, 2.24) is 0 Å². The number of azo groups is 1. The van der Waals surface area contributed by atoms with E-state index in [1.807, 2.05) is 58.0 Å². The lowest BCUT2D eigenvalue weighted by atomic mass is 10.1. The molecule has 2 rings (SSSR count). The highest BCUT2D eigenvalue weighted by atomic mass is 16.3. The lowest BCUT2D eigenvalue weighted by molar-refractivity contribution is 0.476. The quantitative estimate of drug-likeness (QED) is 0.670. The molecule has 108 valence electrons. The van der Waals surface area contributed by atoms with E-state index in [0.717, 1.165) is 33.6 Å². The van der Waals surface area contributed by atoms with E-state index in [9.17, 15) is 5.11 Å². The van der Waals surface area contributed by atoms with Crippen LogP contribution in [0.1, 0.15) is 22.3 Å². The summed E-state index contributed by atoms with van der Waals surface area (Å²) >= 11 is 0. The number of nitrogens with zero attached hydrogens (tertiary/aromatic N) is 2. The zero-order valence-corrected chi connectivity index (χ0v) is 12.9. The summed E-state index contributed by atoms with van der Waals surface area (Å²) in [6, 6.07) is 13.0. The molecule has 0 unspecified atom stereocenters. The molecular weight excluding hydrogens is 260 g/mol. The van der Waals surface area contributed by atoms with Crippen molar-refractivity contribution in [2.75, 3.05) is 0 Å². The van der Waals surface area contributed by atoms with Crippen LogP contribution in [0, 0.1) is 27.7 Å². The Labute approximate surface area is 125 Å². The Kier molecular flexibility index (Phi) is 4.53. The van der Waals surface area contributed by atoms with E-state index in [2.05, 4.69) is 10.2 Å². The normalized spacial score (nSPS) is 10.9. The highest BCUT2D eigenvalue weighted by Gasteiger charge is 2.10. The summed E-state index contributed by atoms with van der Waals surface area (Å²) in [7, 11) is 0. The fraction of sp³-hybridized carbons (Fsp3) is 0.222. The third kappa shape index (κ3) is 3.57. The summed E-state index contributed by atoms with van der Waals surface area (Å²) in [5.74, 6) is 0.218. The Morgan fingerprint density at radius 2 is 1.29 bits per heavy atom. The van der Waals surface area contributed by atoms with Crippen molar-refractivity contribution in [3.63, 3.8) is 0 Å². The van der Waals surface area contributed by atoms with Crippen LogP contribution in [-0.2, 0) is 0 Å². The Bertz CT molecular complexity index is 719. The van der Waals surface area contributed by atoms with E-state index in [1.54, 1.807) is 12.1 Å². The van der Waals surface area contributed by atoms with E-state index in [0.29, 0.717) is 0 Å². The number of fused-ring (bicyclic) bond motifs is 2. The molecule has 1 aromatic carbocycles. The molecule has 0 fully saturated rings. The SMILES string of the molecule is Cc1ccc(O)cccc(C)c2c(C)c(c(C)cc1)N=N2. The summed E-state index contributed by atoms with van der Waals surface area (Å²) in [4.78, 5) is 0. The van der Waals surface area contributed by atoms with Crippen LogP contribution in [0.25, 0.3) is 0 Å². The number of aryl methyl sites for hydroxylation is 3. The van der Waals surface area contributed by atoms with Gasteiger partial charge in [-0.25, -0.2) is 0 Å². The molecule has 1 N–H and O–H groups in total. The predicted molar refractivity (Wildman–Crippen MR) is 86.5 cm³/mol. The standard InChI is InChI=1S/C18H20N2O/c1-12-8-10-14(3)18-15(4)17(19-20-18)13(2)6-5-7-16(21)11-9-12/h5-11,21H,1-4H3. The molecule has 1 aliphatic heterocycles. The summed E-state index contributed by atoms with van der Waals surface area (Å²) in [5.41, 5.74) is 6.06. The van der Waals surface area contributed by atoms with E-state index < -0.39 is 0 Å². The van der Waals surface area contributed by atoms with Gasteiger partial charge in [-0.3, -0.25) is 0 Å². The minimum Gasteiger partial charge on any atom is -0.508 e. The van der Waals surface area contributed by atoms with Gasteiger partial charge in [0.25, 0.3) is 0 Å². The molecule has 2 bridgehead atoms. The highest BCUT2D eigenvalue weighted by molar-refractivity contribution is 5.65. The monoisotopic (exact) mass is 280 g/mol. The molecule has 3 nitrogen and oxygen atoms in total. The minimum absolute atomic E-state index is 0.218. The van der Waals surface area contributed by atoms with E-state index in [-0.39, 0.29) is 5.75 Å². The number of hydrogen-bond donors (Lipinski definition) is 1. The second-order valence-corrected chi connectivity index (χ2v) is 5.25. The molecule has 0 aromatic heterocycles. The van der Waals surface area contributed by atoms with Crippen LogP contribution in [0.5, 0.6) is 5.75 Å². The molecule has 3 heteroatoms. The lowest BCUT2D eigenvalue weighted by Gasteiger charge is -1.96. The summed E-state index contributed by atoms with van der Waals surface area (Å²) in [6.45, 7) is 8.05. The predicted octanol–water partition coefficient (Wildman–Crippen LogP) is 5.60. The van der Waals surface area contributed by atoms with Gasteiger partial charge in [0.1, 0.15) is 5.75 Å². The van der Waals surface area contributed by atoms with E-state index in [4.69, 9.17) is 0 Å². The molecule has 1 aliphatic rings. The van der Waals surface area contributed by atoms with Crippen molar-refractivity contribution in [3.05, 3.63) is 64.7 Å². The highest BCUT2D eigenvalue weighted by Crippen LogP contribution is 2.37. The van der Waals surface area contributed by atoms with Crippen LogP contribution in [0.2, 0.25) is 0 Å². The first-order valence-electron chi connectivity index (χ1n) is 6.94. The van der Waals surface area contributed by atoms with Crippen LogP contribution in [0.4, 0.5) is 11.4 Å². The molecule has 1 heterocycles. The van der Waals surface area contributed by atoms with E-state index >= 15 is 0 Å². The second-order valence-electron chi connectivity index (χ2n) is 5.25. The molecule has 0 atom stereocenters. The average molecular weight is 280 g/mol. The summed E-state index contributed by atoms with van der Waals surface area (Å²) < 4.78 is 0. The maximum absolute atomic E-state index is 9.77. The third-order valence-corrected chi connectivity index (χ3v) is 3.43.